The van der Waals surface area contributed by atoms with Gasteiger partial charge in [0.15, 0.2) is 0 Å². The molecule has 2 N–H and O–H groups in total. The maximum absolute atomic E-state index is 11.2. The Morgan fingerprint density at radius 3 is 2.96 bits per heavy atom. The summed E-state index contributed by atoms with van der Waals surface area (Å²) in [6.07, 6.45) is 4.18. The van der Waals surface area contributed by atoms with Crippen molar-refractivity contribution in [2.45, 2.75) is 51.7 Å². The Hall–Kier alpha value is -1.98. The third-order valence-electron chi connectivity index (χ3n) is 6.46. The molecule has 1 aromatic heterocycles. The van der Waals surface area contributed by atoms with Crippen molar-refractivity contribution >= 4 is 22.5 Å². The number of carbonyl (C=O) groups is 1. The molecule has 0 spiro atoms. The third-order valence-corrected chi connectivity index (χ3v) is 6.46. The van der Waals surface area contributed by atoms with Crippen molar-refractivity contribution in [3.8, 4) is 0 Å². The van der Waals surface area contributed by atoms with E-state index in [1.54, 1.807) is 0 Å². The fourth-order valence-corrected chi connectivity index (χ4v) is 5.05. The van der Waals surface area contributed by atoms with Gasteiger partial charge in [-0.05, 0) is 49.4 Å². The first kappa shape index (κ1) is 18.4. The molecule has 1 saturated carbocycles. The summed E-state index contributed by atoms with van der Waals surface area (Å²) in [4.78, 5) is 18.5. The summed E-state index contributed by atoms with van der Waals surface area (Å²) < 4.78 is 0. The van der Waals surface area contributed by atoms with Gasteiger partial charge < -0.3 is 10.4 Å². The van der Waals surface area contributed by atoms with Gasteiger partial charge in [0.25, 0.3) is 0 Å². The Balaban J connectivity index is 1.48. The molecule has 5 heteroatoms. The molecule has 0 unspecified atom stereocenters. The molecule has 0 radical (unpaired) electrons. The monoisotopic (exact) mass is 367 g/mol. The van der Waals surface area contributed by atoms with Crippen LogP contribution in [0.4, 0.5) is 5.69 Å². The van der Waals surface area contributed by atoms with Gasteiger partial charge in [-0.15, -0.1) is 0 Å². The second-order valence-corrected chi connectivity index (χ2v) is 8.30. The van der Waals surface area contributed by atoms with Gasteiger partial charge >= 0.3 is 0 Å². The Kier molecular flexibility index (Phi) is 4.91. The number of benzene rings is 1. The number of likely N-dealkylation sites (tertiary alicyclic amines) is 1. The Labute approximate surface area is 160 Å². The number of rotatable bonds is 4. The van der Waals surface area contributed by atoms with Crippen LogP contribution in [0.25, 0.3) is 10.9 Å². The first-order valence-corrected chi connectivity index (χ1v) is 10.1. The zero-order chi connectivity index (χ0) is 19.0. The number of hydrogen-bond acceptors (Lipinski definition) is 4. The molecule has 5 nitrogen and oxygen atoms in total. The zero-order valence-corrected chi connectivity index (χ0v) is 16.2. The van der Waals surface area contributed by atoms with E-state index in [2.05, 4.69) is 29.3 Å². The van der Waals surface area contributed by atoms with Crippen molar-refractivity contribution < 1.29 is 9.90 Å². The lowest BCUT2D eigenvalue weighted by Crippen LogP contribution is -2.44. The Morgan fingerprint density at radius 1 is 1.33 bits per heavy atom. The maximum atomic E-state index is 11.2. The number of pyridine rings is 1. The van der Waals surface area contributed by atoms with E-state index in [9.17, 15) is 9.90 Å². The average Bonchev–Trinajstić information content (AvgIpc) is 3.05. The van der Waals surface area contributed by atoms with Crippen LogP contribution in [0.2, 0.25) is 0 Å². The van der Waals surface area contributed by atoms with Crippen LogP contribution < -0.4 is 5.32 Å². The van der Waals surface area contributed by atoms with E-state index in [4.69, 9.17) is 4.98 Å². The summed E-state index contributed by atoms with van der Waals surface area (Å²) in [6, 6.07) is 9.97. The highest BCUT2D eigenvalue weighted by Crippen LogP contribution is 2.44. The maximum Gasteiger partial charge on any atom is 0.221 e. The van der Waals surface area contributed by atoms with Crippen molar-refractivity contribution in [1.29, 1.82) is 0 Å². The predicted octanol–water partition coefficient (Wildman–Crippen LogP) is 3.57. The molecule has 2 aliphatic rings. The molecule has 1 amide bonds. The smallest absolute Gasteiger partial charge is 0.221 e. The van der Waals surface area contributed by atoms with Crippen molar-refractivity contribution in [2.75, 3.05) is 18.4 Å². The summed E-state index contributed by atoms with van der Waals surface area (Å²) in [6.45, 7) is 6.49. The van der Waals surface area contributed by atoms with Crippen LogP contribution >= 0.6 is 0 Å². The molecule has 27 heavy (non-hydrogen) atoms. The molecular weight excluding hydrogens is 338 g/mol. The predicted molar refractivity (Wildman–Crippen MR) is 107 cm³/mol. The number of fused-ring (bicyclic) bond motifs is 2. The van der Waals surface area contributed by atoms with Gasteiger partial charge in [-0.3, -0.25) is 14.7 Å². The van der Waals surface area contributed by atoms with Gasteiger partial charge in [-0.25, -0.2) is 0 Å². The molecule has 1 aliphatic heterocycles. The van der Waals surface area contributed by atoms with Crippen LogP contribution in [-0.2, 0) is 11.3 Å². The van der Waals surface area contributed by atoms with Gasteiger partial charge in [-0.2, -0.15) is 0 Å². The fraction of sp³-hybridized carbons (Fsp3) is 0.545. The molecule has 3 atom stereocenters. The summed E-state index contributed by atoms with van der Waals surface area (Å²) >= 11 is 0. The van der Waals surface area contributed by atoms with E-state index < -0.39 is 5.60 Å². The normalized spacial score (nSPS) is 28.3. The largest absolute Gasteiger partial charge is 0.390 e. The number of hydrogen-bond donors (Lipinski definition) is 2. The van der Waals surface area contributed by atoms with Crippen LogP contribution in [-0.4, -0.2) is 39.6 Å². The Morgan fingerprint density at radius 2 is 2.19 bits per heavy atom. The molecule has 0 bridgehead atoms. The van der Waals surface area contributed by atoms with Crippen molar-refractivity contribution in [3.63, 3.8) is 0 Å². The number of carbonyl (C=O) groups excluding carboxylic acids is 1. The lowest BCUT2D eigenvalue weighted by Gasteiger charge is -2.40. The van der Waals surface area contributed by atoms with Crippen LogP contribution in [0, 0.1) is 11.8 Å². The molecule has 2 fully saturated rings. The standard InChI is InChI=1S/C22H29N3O2/c1-3-22(27)10-4-5-17-12-25(14-20(17)22)13-19-7-6-16-11-18(23-15(2)26)8-9-21(16)24-19/h6-9,11,17,20,27H,3-5,10,12-14H2,1-2H3,(H,23,26)/t17-,20+,22-/m0/s1. The Bertz CT molecular complexity index is 853. The van der Waals surface area contributed by atoms with Crippen LogP contribution in [0.3, 0.4) is 0 Å². The van der Waals surface area contributed by atoms with E-state index in [0.717, 1.165) is 61.2 Å². The van der Waals surface area contributed by atoms with E-state index in [-0.39, 0.29) is 5.91 Å². The quantitative estimate of drug-likeness (QED) is 0.867. The molecule has 4 rings (SSSR count). The lowest BCUT2D eigenvalue weighted by molar-refractivity contribution is -0.114. The highest BCUT2D eigenvalue weighted by atomic mass is 16.3. The zero-order valence-electron chi connectivity index (χ0n) is 16.2. The minimum atomic E-state index is -0.478. The van der Waals surface area contributed by atoms with Gasteiger partial charge in [0, 0.05) is 43.5 Å². The van der Waals surface area contributed by atoms with E-state index >= 15 is 0 Å². The molecule has 2 aromatic rings. The topological polar surface area (TPSA) is 65.5 Å². The van der Waals surface area contributed by atoms with Gasteiger partial charge in [-0.1, -0.05) is 19.4 Å². The molecule has 1 aliphatic carbocycles. The highest BCUT2D eigenvalue weighted by Gasteiger charge is 2.47. The summed E-state index contributed by atoms with van der Waals surface area (Å²) in [5.74, 6) is 0.947. The van der Waals surface area contributed by atoms with Gasteiger partial charge in [0.2, 0.25) is 5.91 Å². The first-order valence-electron chi connectivity index (χ1n) is 10.1. The highest BCUT2D eigenvalue weighted by molar-refractivity contribution is 5.92. The van der Waals surface area contributed by atoms with E-state index in [1.807, 2.05) is 18.2 Å². The second-order valence-electron chi connectivity index (χ2n) is 8.30. The summed E-state index contributed by atoms with van der Waals surface area (Å²) in [5, 5.41) is 14.8. The van der Waals surface area contributed by atoms with Crippen LogP contribution in [0.1, 0.15) is 45.2 Å². The number of anilines is 1. The van der Waals surface area contributed by atoms with Crippen LogP contribution in [0.5, 0.6) is 0 Å². The second kappa shape index (κ2) is 7.21. The lowest BCUT2D eigenvalue weighted by atomic mass is 9.69. The molecule has 2 heterocycles. The number of aromatic nitrogens is 1. The first-order chi connectivity index (χ1) is 13.0. The minimum absolute atomic E-state index is 0.0681. The fourth-order valence-electron chi connectivity index (χ4n) is 5.05. The molecule has 144 valence electrons. The summed E-state index contributed by atoms with van der Waals surface area (Å²) in [5.41, 5.74) is 2.33. The van der Waals surface area contributed by atoms with Crippen molar-refractivity contribution in [2.24, 2.45) is 11.8 Å². The average molecular weight is 367 g/mol. The van der Waals surface area contributed by atoms with Crippen molar-refractivity contribution in [3.05, 3.63) is 36.0 Å². The third kappa shape index (κ3) is 3.71. The molecular formula is C22H29N3O2. The molecule has 1 aromatic carbocycles. The number of nitrogens with one attached hydrogen (secondary N) is 1. The minimum Gasteiger partial charge on any atom is -0.390 e. The van der Waals surface area contributed by atoms with Crippen molar-refractivity contribution in [1.82, 2.24) is 9.88 Å². The summed E-state index contributed by atoms with van der Waals surface area (Å²) in [7, 11) is 0. The molecule has 1 saturated heterocycles. The SMILES string of the molecule is CC[C@]1(O)CCC[C@H]2CN(Cc3ccc4cc(NC(C)=O)ccc4n3)C[C@H]21. The van der Waals surface area contributed by atoms with E-state index in [1.165, 1.54) is 13.3 Å². The number of amides is 1. The van der Waals surface area contributed by atoms with Crippen LogP contribution in [0.15, 0.2) is 30.3 Å². The van der Waals surface area contributed by atoms with Gasteiger partial charge in [0.1, 0.15) is 0 Å². The van der Waals surface area contributed by atoms with Gasteiger partial charge in [0.05, 0.1) is 16.8 Å². The number of aliphatic hydroxyl groups is 1. The number of nitrogens with zero attached hydrogens (tertiary/aromatic N) is 2. The van der Waals surface area contributed by atoms with E-state index in [0.29, 0.717) is 11.8 Å².